The van der Waals surface area contributed by atoms with E-state index in [0.717, 1.165) is 22.9 Å². The van der Waals surface area contributed by atoms with E-state index >= 15 is 0 Å². The number of anilines is 1. The summed E-state index contributed by atoms with van der Waals surface area (Å²) in [5, 5.41) is 2.85. The van der Waals surface area contributed by atoms with Gasteiger partial charge in [0.15, 0.2) is 6.10 Å². The number of rotatable bonds is 4. The molecule has 1 heterocycles. The van der Waals surface area contributed by atoms with Gasteiger partial charge in [-0.1, -0.05) is 56.7 Å². The standard InChI is InChI=1S/C22H28N2O4S/c1-15-7-6-8-16(11-15)13-23-21(25)20-14-24(29(5,26)27)18-12-17(22(2,3)4)9-10-19(18)28-20/h6-12,20H,13-14H2,1-5H3,(H,23,25)/t20-/m0/s1. The zero-order valence-corrected chi connectivity index (χ0v) is 18.3. The topological polar surface area (TPSA) is 75.7 Å². The molecule has 2 aromatic carbocycles. The number of sulfonamides is 1. The number of nitrogens with zero attached hydrogens (tertiary/aromatic N) is 1. The number of ether oxygens (including phenoxy) is 1. The van der Waals surface area contributed by atoms with Crippen LogP contribution >= 0.6 is 0 Å². The van der Waals surface area contributed by atoms with E-state index in [1.54, 1.807) is 6.07 Å². The third kappa shape index (κ3) is 4.90. The molecule has 1 aliphatic rings. The molecule has 1 atom stereocenters. The molecule has 0 unspecified atom stereocenters. The van der Waals surface area contributed by atoms with E-state index in [2.05, 4.69) is 26.1 Å². The first-order valence-corrected chi connectivity index (χ1v) is 11.4. The van der Waals surface area contributed by atoms with Crippen LogP contribution in [-0.4, -0.2) is 33.2 Å². The Hall–Kier alpha value is -2.54. The predicted octanol–water partition coefficient (Wildman–Crippen LogP) is 3.14. The first kappa shape index (κ1) is 21.2. The van der Waals surface area contributed by atoms with Crippen molar-refractivity contribution in [2.45, 2.75) is 45.8 Å². The summed E-state index contributed by atoms with van der Waals surface area (Å²) in [6.07, 6.45) is 0.232. The van der Waals surface area contributed by atoms with Gasteiger partial charge in [0.2, 0.25) is 10.0 Å². The van der Waals surface area contributed by atoms with Gasteiger partial charge in [0.1, 0.15) is 5.75 Å². The highest BCUT2D eigenvalue weighted by atomic mass is 32.2. The molecule has 7 heteroatoms. The molecular formula is C22H28N2O4S. The fourth-order valence-corrected chi connectivity index (χ4v) is 4.20. The quantitative estimate of drug-likeness (QED) is 0.831. The Morgan fingerprint density at radius 3 is 2.55 bits per heavy atom. The molecule has 0 spiro atoms. The van der Waals surface area contributed by atoms with Gasteiger partial charge >= 0.3 is 0 Å². The minimum Gasteiger partial charge on any atom is -0.476 e. The Labute approximate surface area is 172 Å². The van der Waals surface area contributed by atoms with Gasteiger partial charge in [-0.05, 0) is 35.6 Å². The second kappa shape index (κ2) is 7.71. The van der Waals surface area contributed by atoms with Crippen molar-refractivity contribution in [1.82, 2.24) is 5.32 Å². The summed E-state index contributed by atoms with van der Waals surface area (Å²) >= 11 is 0. The molecule has 1 N–H and O–H groups in total. The molecular weight excluding hydrogens is 388 g/mol. The van der Waals surface area contributed by atoms with Crippen molar-refractivity contribution in [3.63, 3.8) is 0 Å². The van der Waals surface area contributed by atoms with Crippen LogP contribution in [0, 0.1) is 6.92 Å². The van der Waals surface area contributed by atoms with Gasteiger partial charge in [-0.15, -0.1) is 0 Å². The van der Waals surface area contributed by atoms with E-state index in [9.17, 15) is 13.2 Å². The third-order valence-electron chi connectivity index (χ3n) is 4.94. The Morgan fingerprint density at radius 1 is 1.21 bits per heavy atom. The van der Waals surface area contributed by atoms with E-state index in [1.807, 2.05) is 43.3 Å². The summed E-state index contributed by atoms with van der Waals surface area (Å²) < 4.78 is 32.0. The van der Waals surface area contributed by atoms with Crippen LogP contribution in [0.25, 0.3) is 0 Å². The lowest BCUT2D eigenvalue weighted by Gasteiger charge is -2.35. The van der Waals surface area contributed by atoms with Gasteiger partial charge in [-0.3, -0.25) is 9.10 Å². The first-order valence-electron chi connectivity index (χ1n) is 9.57. The molecule has 6 nitrogen and oxygen atoms in total. The van der Waals surface area contributed by atoms with Crippen LogP contribution in [0.2, 0.25) is 0 Å². The second-order valence-corrected chi connectivity index (χ2v) is 10.4. The van der Waals surface area contributed by atoms with Gasteiger partial charge in [0, 0.05) is 6.54 Å². The number of aryl methyl sites for hydroxylation is 1. The zero-order valence-electron chi connectivity index (χ0n) is 17.5. The van der Waals surface area contributed by atoms with Crippen molar-refractivity contribution >= 4 is 21.6 Å². The average molecular weight is 417 g/mol. The molecule has 0 radical (unpaired) electrons. The molecule has 0 bridgehead atoms. The molecule has 0 saturated carbocycles. The smallest absolute Gasteiger partial charge is 0.263 e. The van der Waals surface area contributed by atoms with Crippen molar-refractivity contribution in [2.75, 3.05) is 17.1 Å². The summed E-state index contributed by atoms with van der Waals surface area (Å²) in [5.74, 6) is 0.0519. The maximum Gasteiger partial charge on any atom is 0.263 e. The lowest BCUT2D eigenvalue weighted by atomic mass is 9.86. The molecule has 156 valence electrons. The predicted molar refractivity (Wildman–Crippen MR) is 115 cm³/mol. The van der Waals surface area contributed by atoms with Gasteiger partial charge in [-0.2, -0.15) is 0 Å². The molecule has 29 heavy (non-hydrogen) atoms. The van der Waals surface area contributed by atoms with Gasteiger partial charge < -0.3 is 10.1 Å². The van der Waals surface area contributed by atoms with Crippen LogP contribution in [0.5, 0.6) is 5.75 Å². The van der Waals surface area contributed by atoms with Crippen LogP contribution in [0.3, 0.4) is 0 Å². The molecule has 1 amide bonds. The zero-order chi connectivity index (χ0) is 21.4. The number of benzene rings is 2. The van der Waals surface area contributed by atoms with Gasteiger partial charge in [-0.25, -0.2) is 8.42 Å². The van der Waals surface area contributed by atoms with Crippen molar-refractivity contribution in [3.05, 3.63) is 59.2 Å². The first-order chi connectivity index (χ1) is 13.4. The van der Waals surface area contributed by atoms with Crippen molar-refractivity contribution < 1.29 is 17.9 Å². The number of hydrogen-bond acceptors (Lipinski definition) is 4. The molecule has 2 aromatic rings. The van der Waals surface area contributed by atoms with E-state index in [1.165, 1.54) is 4.31 Å². The minimum absolute atomic E-state index is 0.0565. The average Bonchev–Trinajstić information content (AvgIpc) is 2.63. The summed E-state index contributed by atoms with van der Waals surface area (Å²) in [6.45, 7) is 8.47. The van der Waals surface area contributed by atoms with Crippen molar-refractivity contribution in [2.24, 2.45) is 0 Å². The lowest BCUT2D eigenvalue weighted by molar-refractivity contribution is -0.127. The van der Waals surface area contributed by atoms with Crippen LogP contribution in [-0.2, 0) is 26.8 Å². The maximum absolute atomic E-state index is 12.7. The number of nitrogens with one attached hydrogen (secondary N) is 1. The highest BCUT2D eigenvalue weighted by molar-refractivity contribution is 7.92. The van der Waals surface area contributed by atoms with Crippen LogP contribution in [0.4, 0.5) is 5.69 Å². The number of carbonyl (C=O) groups excluding carboxylic acids is 1. The van der Waals surface area contributed by atoms with E-state index in [0.29, 0.717) is 18.0 Å². The Bertz CT molecular complexity index is 1030. The Balaban J connectivity index is 1.84. The summed E-state index contributed by atoms with van der Waals surface area (Å²) in [6, 6.07) is 13.3. The Kier molecular flexibility index (Phi) is 5.63. The second-order valence-electron chi connectivity index (χ2n) is 8.54. The molecule has 3 rings (SSSR count). The largest absolute Gasteiger partial charge is 0.476 e. The highest BCUT2D eigenvalue weighted by Gasteiger charge is 2.35. The van der Waals surface area contributed by atoms with Crippen LogP contribution in [0.15, 0.2) is 42.5 Å². The van der Waals surface area contributed by atoms with Crippen LogP contribution in [0.1, 0.15) is 37.5 Å². The van der Waals surface area contributed by atoms with Crippen molar-refractivity contribution in [3.8, 4) is 5.75 Å². The van der Waals surface area contributed by atoms with Gasteiger partial charge in [0.25, 0.3) is 5.91 Å². The summed E-state index contributed by atoms with van der Waals surface area (Å²) in [5.41, 5.74) is 3.42. The highest BCUT2D eigenvalue weighted by Crippen LogP contribution is 2.38. The third-order valence-corrected chi connectivity index (χ3v) is 6.08. The maximum atomic E-state index is 12.7. The van der Waals surface area contributed by atoms with Crippen molar-refractivity contribution in [1.29, 1.82) is 0 Å². The van der Waals surface area contributed by atoms with E-state index in [4.69, 9.17) is 4.74 Å². The number of amides is 1. The summed E-state index contributed by atoms with van der Waals surface area (Å²) in [7, 11) is -3.57. The van der Waals surface area contributed by atoms with E-state index < -0.39 is 16.1 Å². The fourth-order valence-electron chi connectivity index (χ4n) is 3.29. The minimum atomic E-state index is -3.57. The molecule has 1 aliphatic heterocycles. The SMILES string of the molecule is Cc1cccc(CNC(=O)[C@@H]2CN(S(C)(=O)=O)c3cc(C(C)(C)C)ccc3O2)c1. The lowest BCUT2D eigenvalue weighted by Crippen LogP contribution is -2.50. The molecule has 0 aliphatic carbocycles. The summed E-state index contributed by atoms with van der Waals surface area (Å²) in [4.78, 5) is 12.7. The Morgan fingerprint density at radius 2 is 1.93 bits per heavy atom. The number of hydrogen-bond donors (Lipinski definition) is 1. The molecule has 0 aromatic heterocycles. The van der Waals surface area contributed by atoms with E-state index in [-0.39, 0.29) is 17.9 Å². The van der Waals surface area contributed by atoms with Gasteiger partial charge in [0.05, 0.1) is 18.5 Å². The molecule has 0 fully saturated rings. The van der Waals surface area contributed by atoms with Crippen LogP contribution < -0.4 is 14.4 Å². The number of fused-ring (bicyclic) bond motifs is 1. The number of carbonyl (C=O) groups is 1. The molecule has 0 saturated heterocycles. The monoisotopic (exact) mass is 416 g/mol. The fraction of sp³-hybridized carbons (Fsp3) is 0.409. The normalized spacial score (nSPS) is 16.7.